The number of ether oxygens (including phenoxy) is 1. The standard InChI is InChI=1S/C14H15F3O3/c1-10-3-5-12(11(9-10)4-6-13(18)19)20-8-2-7-14(15,16)17/h3-6,9H,2,7-8H2,1H3,(H,18,19)/b6-4+. The summed E-state index contributed by atoms with van der Waals surface area (Å²) in [5, 5.41) is 8.59. The molecule has 0 saturated heterocycles. The number of hydrogen-bond acceptors (Lipinski definition) is 2. The first-order valence-corrected chi connectivity index (χ1v) is 5.99. The van der Waals surface area contributed by atoms with Gasteiger partial charge in [-0.2, -0.15) is 13.2 Å². The summed E-state index contributed by atoms with van der Waals surface area (Å²) in [6, 6.07) is 5.07. The highest BCUT2D eigenvalue weighted by Gasteiger charge is 2.26. The van der Waals surface area contributed by atoms with Crippen LogP contribution in [-0.2, 0) is 4.79 Å². The van der Waals surface area contributed by atoms with Gasteiger partial charge in [0.05, 0.1) is 6.61 Å². The molecule has 0 atom stereocenters. The fraction of sp³-hybridized carbons (Fsp3) is 0.357. The molecule has 0 aliphatic carbocycles. The Morgan fingerprint density at radius 2 is 2.10 bits per heavy atom. The Hall–Kier alpha value is -1.98. The van der Waals surface area contributed by atoms with Crippen LogP contribution in [0.1, 0.15) is 24.0 Å². The molecule has 0 aliphatic rings. The molecule has 0 fully saturated rings. The van der Waals surface area contributed by atoms with E-state index in [4.69, 9.17) is 9.84 Å². The molecule has 1 rings (SSSR count). The Morgan fingerprint density at radius 1 is 1.40 bits per heavy atom. The predicted octanol–water partition coefficient (Wildman–Crippen LogP) is 3.81. The summed E-state index contributed by atoms with van der Waals surface area (Å²) in [7, 11) is 0. The van der Waals surface area contributed by atoms with Gasteiger partial charge in [-0.15, -0.1) is 0 Å². The summed E-state index contributed by atoms with van der Waals surface area (Å²) >= 11 is 0. The summed E-state index contributed by atoms with van der Waals surface area (Å²) in [4.78, 5) is 10.5. The van der Waals surface area contributed by atoms with Crippen LogP contribution >= 0.6 is 0 Å². The lowest BCUT2D eigenvalue weighted by molar-refractivity contribution is -0.136. The molecule has 0 saturated carbocycles. The van der Waals surface area contributed by atoms with E-state index in [1.807, 2.05) is 6.92 Å². The fourth-order valence-corrected chi connectivity index (χ4v) is 1.55. The van der Waals surface area contributed by atoms with Crippen LogP contribution in [0.3, 0.4) is 0 Å². The SMILES string of the molecule is Cc1ccc(OCCCC(F)(F)F)c(/C=C/C(=O)O)c1. The lowest BCUT2D eigenvalue weighted by Crippen LogP contribution is -2.10. The molecular weight excluding hydrogens is 273 g/mol. The number of hydrogen-bond donors (Lipinski definition) is 1. The zero-order valence-electron chi connectivity index (χ0n) is 10.9. The van der Waals surface area contributed by atoms with Crippen molar-refractivity contribution >= 4 is 12.0 Å². The normalized spacial score (nSPS) is 11.8. The molecule has 0 heterocycles. The maximum Gasteiger partial charge on any atom is 0.389 e. The lowest BCUT2D eigenvalue weighted by atomic mass is 10.1. The van der Waals surface area contributed by atoms with E-state index in [2.05, 4.69) is 0 Å². The highest BCUT2D eigenvalue weighted by Crippen LogP contribution is 2.24. The first kappa shape index (κ1) is 16.1. The van der Waals surface area contributed by atoms with Gasteiger partial charge < -0.3 is 9.84 Å². The second kappa shape index (κ2) is 6.98. The fourth-order valence-electron chi connectivity index (χ4n) is 1.55. The molecule has 20 heavy (non-hydrogen) atoms. The number of benzene rings is 1. The van der Waals surface area contributed by atoms with Crippen LogP contribution in [0.2, 0.25) is 0 Å². The zero-order valence-corrected chi connectivity index (χ0v) is 10.9. The van der Waals surface area contributed by atoms with Gasteiger partial charge in [0.1, 0.15) is 5.75 Å². The van der Waals surface area contributed by atoms with Crippen molar-refractivity contribution in [2.75, 3.05) is 6.61 Å². The molecule has 0 aliphatic heterocycles. The summed E-state index contributed by atoms with van der Waals surface area (Å²) in [6.07, 6.45) is -2.92. The molecule has 0 bridgehead atoms. The van der Waals surface area contributed by atoms with Crippen molar-refractivity contribution < 1.29 is 27.8 Å². The van der Waals surface area contributed by atoms with Crippen LogP contribution in [0.15, 0.2) is 24.3 Å². The molecule has 0 spiro atoms. The van der Waals surface area contributed by atoms with Crippen LogP contribution < -0.4 is 4.74 Å². The van der Waals surface area contributed by atoms with Crippen LogP contribution in [-0.4, -0.2) is 23.9 Å². The minimum atomic E-state index is -4.19. The summed E-state index contributed by atoms with van der Waals surface area (Å²) < 4.78 is 41.2. The lowest BCUT2D eigenvalue weighted by Gasteiger charge is -2.11. The number of carbonyl (C=O) groups is 1. The summed E-state index contributed by atoms with van der Waals surface area (Å²) in [5.74, 6) is -0.732. The van der Waals surface area contributed by atoms with Crippen molar-refractivity contribution in [2.45, 2.75) is 25.9 Å². The number of carboxylic acid groups (broad SMARTS) is 1. The number of alkyl halides is 3. The Labute approximate surface area is 114 Å². The quantitative estimate of drug-likeness (QED) is 0.639. The van der Waals surface area contributed by atoms with Gasteiger partial charge in [0, 0.05) is 18.1 Å². The summed E-state index contributed by atoms with van der Waals surface area (Å²) in [5.41, 5.74) is 1.43. The van der Waals surface area contributed by atoms with Crippen LogP contribution in [0.4, 0.5) is 13.2 Å². The molecule has 0 aromatic heterocycles. The second-order valence-corrected chi connectivity index (χ2v) is 4.28. The van der Waals surface area contributed by atoms with Crippen molar-refractivity contribution in [2.24, 2.45) is 0 Å². The number of carboxylic acids is 1. The average Bonchev–Trinajstić information content (AvgIpc) is 2.32. The topological polar surface area (TPSA) is 46.5 Å². The maximum absolute atomic E-state index is 12.0. The molecular formula is C14H15F3O3. The molecule has 6 heteroatoms. The molecule has 1 N–H and O–H groups in total. The zero-order chi connectivity index (χ0) is 15.2. The van der Waals surface area contributed by atoms with Crippen molar-refractivity contribution in [3.63, 3.8) is 0 Å². The minimum absolute atomic E-state index is 0.0729. The molecule has 0 amide bonds. The Kier molecular flexibility index (Phi) is 5.61. The van der Waals surface area contributed by atoms with E-state index in [0.717, 1.165) is 11.6 Å². The van der Waals surface area contributed by atoms with Crippen molar-refractivity contribution in [1.29, 1.82) is 0 Å². The third kappa shape index (κ3) is 6.26. The molecule has 0 unspecified atom stereocenters. The van der Waals surface area contributed by atoms with Crippen LogP contribution in [0.25, 0.3) is 6.08 Å². The smallest absolute Gasteiger partial charge is 0.389 e. The van der Waals surface area contributed by atoms with E-state index >= 15 is 0 Å². The first-order chi connectivity index (χ1) is 9.28. The van der Waals surface area contributed by atoms with Crippen molar-refractivity contribution in [3.8, 4) is 5.75 Å². The van der Waals surface area contributed by atoms with Crippen molar-refractivity contribution in [3.05, 3.63) is 35.4 Å². The number of aryl methyl sites for hydroxylation is 1. The minimum Gasteiger partial charge on any atom is -0.493 e. The highest BCUT2D eigenvalue weighted by atomic mass is 19.4. The Morgan fingerprint density at radius 3 is 2.70 bits per heavy atom. The highest BCUT2D eigenvalue weighted by molar-refractivity contribution is 5.85. The third-order valence-corrected chi connectivity index (χ3v) is 2.43. The molecule has 0 radical (unpaired) electrons. The van der Waals surface area contributed by atoms with Gasteiger partial charge >= 0.3 is 12.1 Å². The predicted molar refractivity (Wildman–Crippen MR) is 68.6 cm³/mol. The van der Waals surface area contributed by atoms with Gasteiger partial charge in [-0.1, -0.05) is 11.6 Å². The van der Waals surface area contributed by atoms with Crippen LogP contribution in [0, 0.1) is 6.92 Å². The average molecular weight is 288 g/mol. The number of aliphatic carboxylic acids is 1. The third-order valence-electron chi connectivity index (χ3n) is 2.43. The van der Waals surface area contributed by atoms with E-state index in [1.54, 1.807) is 18.2 Å². The number of halogens is 3. The molecule has 3 nitrogen and oxygen atoms in total. The van der Waals surface area contributed by atoms with Gasteiger partial charge in [-0.05, 0) is 31.6 Å². The van der Waals surface area contributed by atoms with Gasteiger partial charge in [0.2, 0.25) is 0 Å². The summed E-state index contributed by atoms with van der Waals surface area (Å²) in [6.45, 7) is 1.75. The Bertz CT molecular complexity index is 493. The molecule has 1 aromatic rings. The number of rotatable bonds is 6. The largest absolute Gasteiger partial charge is 0.493 e. The van der Waals surface area contributed by atoms with Gasteiger partial charge in [0.25, 0.3) is 0 Å². The van der Waals surface area contributed by atoms with Crippen LogP contribution in [0.5, 0.6) is 5.75 Å². The Balaban J connectivity index is 2.67. The van der Waals surface area contributed by atoms with E-state index in [1.165, 1.54) is 6.08 Å². The molecule has 110 valence electrons. The monoisotopic (exact) mass is 288 g/mol. The maximum atomic E-state index is 12.0. The van der Waals surface area contributed by atoms with Gasteiger partial charge in [0.15, 0.2) is 0 Å². The first-order valence-electron chi connectivity index (χ1n) is 5.99. The van der Waals surface area contributed by atoms with E-state index in [0.29, 0.717) is 11.3 Å². The second-order valence-electron chi connectivity index (χ2n) is 4.28. The van der Waals surface area contributed by atoms with Gasteiger partial charge in [-0.3, -0.25) is 0 Å². The van der Waals surface area contributed by atoms with Gasteiger partial charge in [-0.25, -0.2) is 4.79 Å². The molecule has 1 aromatic carbocycles. The van der Waals surface area contributed by atoms with E-state index in [9.17, 15) is 18.0 Å². The van der Waals surface area contributed by atoms with E-state index in [-0.39, 0.29) is 13.0 Å². The van der Waals surface area contributed by atoms with Crippen molar-refractivity contribution in [1.82, 2.24) is 0 Å². The van der Waals surface area contributed by atoms with E-state index < -0.39 is 18.6 Å².